The minimum Gasteiger partial charge on any atom is -0.547 e. The van der Waals surface area contributed by atoms with E-state index in [1.54, 1.807) is 0 Å². The summed E-state index contributed by atoms with van der Waals surface area (Å²) >= 11 is 11.2. The first-order valence-corrected chi connectivity index (χ1v) is 7.73. The predicted octanol–water partition coefficient (Wildman–Crippen LogP) is -3.19. The number of hydrogen-bond donors (Lipinski definition) is 4. The molecule has 0 saturated carbocycles. The average molecular weight is 423 g/mol. The summed E-state index contributed by atoms with van der Waals surface area (Å²) in [5, 5.41) is 37.3. The monoisotopic (exact) mass is 422 g/mol. The van der Waals surface area contributed by atoms with Crippen molar-refractivity contribution in [3.8, 4) is 0 Å². The van der Waals surface area contributed by atoms with Crippen LogP contribution >= 0.6 is 23.2 Å². The van der Waals surface area contributed by atoms with Crippen molar-refractivity contribution in [3.05, 3.63) is 58.6 Å². The van der Waals surface area contributed by atoms with Gasteiger partial charge in [-0.25, -0.2) is 0 Å². The third-order valence-corrected chi connectivity index (χ3v) is 3.11. The van der Waals surface area contributed by atoms with Crippen molar-refractivity contribution >= 4 is 46.5 Å². The second kappa shape index (κ2) is 13.9. The van der Waals surface area contributed by atoms with Crippen LogP contribution in [0.15, 0.2) is 48.5 Å². The van der Waals surface area contributed by atoms with Gasteiger partial charge < -0.3 is 47.0 Å². The zero-order valence-electron chi connectivity index (χ0n) is 14.0. The maximum absolute atomic E-state index is 9.63. The molecule has 2 aromatic carbocycles. The molecule has 150 valence electrons. The van der Waals surface area contributed by atoms with E-state index in [0.717, 1.165) is 21.4 Å². The van der Waals surface area contributed by atoms with Gasteiger partial charge in [-0.3, -0.25) is 0 Å². The van der Waals surface area contributed by atoms with Crippen LogP contribution in [0.3, 0.4) is 0 Å². The predicted molar refractivity (Wildman–Crippen MR) is 93.6 cm³/mol. The molecular formula is C16H20Cl2N2O7. The van der Waals surface area contributed by atoms with Gasteiger partial charge in [0.2, 0.25) is 0 Å². The van der Waals surface area contributed by atoms with Gasteiger partial charge in [0, 0.05) is 34.3 Å². The number of aliphatic carboxylic acids is 2. The van der Waals surface area contributed by atoms with Gasteiger partial charge >= 0.3 is 0 Å². The maximum atomic E-state index is 9.63. The van der Waals surface area contributed by atoms with Crippen LogP contribution in [0.2, 0.25) is 10.0 Å². The molecule has 9 nitrogen and oxygen atoms in total. The van der Waals surface area contributed by atoms with Gasteiger partial charge in [0.1, 0.15) is 23.6 Å². The Kier molecular flexibility index (Phi) is 13.9. The number of aliphatic hydroxyl groups excluding tert-OH is 2. The highest BCUT2D eigenvalue weighted by Gasteiger charge is 2.17. The summed E-state index contributed by atoms with van der Waals surface area (Å²) in [7, 11) is 0. The first-order chi connectivity index (χ1) is 12.0. The molecule has 2 rings (SSSR count). The van der Waals surface area contributed by atoms with E-state index in [2.05, 4.69) is 11.5 Å². The van der Waals surface area contributed by atoms with Crippen molar-refractivity contribution in [2.75, 3.05) is 0 Å². The van der Waals surface area contributed by atoms with Gasteiger partial charge in [-0.05, 0) is 24.3 Å². The fourth-order valence-corrected chi connectivity index (χ4v) is 1.48. The number of carbonyl (C=O) groups is 2. The van der Waals surface area contributed by atoms with Gasteiger partial charge in [0.15, 0.2) is 0 Å². The van der Waals surface area contributed by atoms with Crippen molar-refractivity contribution in [2.45, 2.75) is 12.2 Å². The molecule has 0 spiro atoms. The number of benzene rings is 2. The molecule has 0 bridgehead atoms. The smallest absolute Gasteiger partial charge is 0.128 e. The maximum Gasteiger partial charge on any atom is 0.128 e. The van der Waals surface area contributed by atoms with Crippen molar-refractivity contribution in [2.24, 2.45) is 0 Å². The van der Waals surface area contributed by atoms with E-state index >= 15 is 0 Å². The zero-order valence-corrected chi connectivity index (χ0v) is 15.5. The number of hydrogen-bond acceptors (Lipinski definition) is 6. The zero-order chi connectivity index (χ0) is 20.3. The standard InChI is InChI=1S/2C6H6ClN.C4H6O6.H2O/c2*7-5-1-3-6(8)4-2-5;5-1(3(7)8)2(6)4(9)10;/h2*1-4H,8H2;1-2,5-6H,(H,7,8)(H,9,10);1H2/t;;1-,2-;/m..1./s1. The van der Waals surface area contributed by atoms with Crippen molar-refractivity contribution in [1.29, 1.82) is 0 Å². The molecule has 0 saturated heterocycles. The molecule has 0 amide bonds. The van der Waals surface area contributed by atoms with Gasteiger partial charge in [0.05, 0.1) is 11.9 Å². The van der Waals surface area contributed by atoms with E-state index in [0.29, 0.717) is 0 Å². The Morgan fingerprint density at radius 1 is 0.741 bits per heavy atom. The molecule has 0 unspecified atom stereocenters. The summed E-state index contributed by atoms with van der Waals surface area (Å²) in [5.41, 5.74) is 9.40. The van der Waals surface area contributed by atoms with E-state index < -0.39 is 24.1 Å². The Morgan fingerprint density at radius 3 is 1.11 bits per heavy atom. The lowest BCUT2D eigenvalue weighted by Crippen LogP contribution is -2.51. The summed E-state index contributed by atoms with van der Waals surface area (Å²) in [6.07, 6.45) is -4.88. The number of carboxylic acid groups (broad SMARTS) is 2. The van der Waals surface area contributed by atoms with Crippen LogP contribution in [-0.4, -0.2) is 39.8 Å². The summed E-state index contributed by atoms with van der Waals surface area (Å²) in [4.78, 5) is 19.3. The minimum atomic E-state index is -2.44. The lowest BCUT2D eigenvalue weighted by Gasteiger charge is -2.18. The van der Waals surface area contributed by atoms with Crippen molar-refractivity contribution < 1.29 is 47.0 Å². The summed E-state index contributed by atoms with van der Waals surface area (Å²) in [6.45, 7) is 0. The van der Waals surface area contributed by atoms with Gasteiger partial charge in [0.25, 0.3) is 0 Å². The van der Waals surface area contributed by atoms with E-state index in [-0.39, 0.29) is 5.48 Å². The first-order valence-electron chi connectivity index (χ1n) is 6.97. The summed E-state index contributed by atoms with van der Waals surface area (Å²) in [6, 6.07) is 14.8. The Bertz CT molecular complexity index is 593. The molecule has 2 atom stereocenters. The van der Waals surface area contributed by atoms with E-state index in [9.17, 15) is 19.8 Å². The number of aliphatic hydroxyl groups is 2. The number of carboxylic acids is 2. The van der Waals surface area contributed by atoms with Crippen LogP contribution in [0.5, 0.6) is 0 Å². The molecule has 0 radical (unpaired) electrons. The van der Waals surface area contributed by atoms with Crippen LogP contribution in [0, 0.1) is 0 Å². The Balaban J connectivity index is 0. The first kappa shape index (κ1) is 27.0. The topological polar surface area (TPSA) is 208 Å². The van der Waals surface area contributed by atoms with Crippen molar-refractivity contribution in [3.63, 3.8) is 0 Å². The second-order valence-electron chi connectivity index (χ2n) is 4.78. The Hall–Kier alpha value is -2.24. The normalized spacial score (nSPS) is 11.3. The highest BCUT2D eigenvalue weighted by atomic mass is 35.5. The van der Waals surface area contributed by atoms with E-state index in [4.69, 9.17) is 33.4 Å². The highest BCUT2D eigenvalue weighted by molar-refractivity contribution is 6.30. The van der Waals surface area contributed by atoms with Crippen LogP contribution < -0.4 is 21.7 Å². The third-order valence-electron chi connectivity index (χ3n) is 2.61. The SMILES string of the molecule is O.O=C([O-])[C@H](O)[C@@H](O)C(=O)[O-].[NH3+]c1ccc(Cl)cc1.[NH3+]c1ccc(Cl)cc1. The van der Waals surface area contributed by atoms with Crippen LogP contribution in [0.4, 0.5) is 11.4 Å². The minimum absolute atomic E-state index is 0. The summed E-state index contributed by atoms with van der Waals surface area (Å²) < 4.78 is 0. The van der Waals surface area contributed by atoms with Gasteiger partial charge in [-0.15, -0.1) is 0 Å². The quantitative estimate of drug-likeness (QED) is 0.399. The molecule has 0 heterocycles. The molecular weight excluding hydrogens is 403 g/mol. The molecule has 27 heavy (non-hydrogen) atoms. The van der Waals surface area contributed by atoms with E-state index in [1.807, 2.05) is 48.5 Å². The molecule has 0 aliphatic rings. The van der Waals surface area contributed by atoms with E-state index in [1.165, 1.54) is 0 Å². The Labute approximate surface area is 164 Å². The average Bonchev–Trinajstić information content (AvgIpc) is 2.59. The second-order valence-corrected chi connectivity index (χ2v) is 5.65. The number of rotatable bonds is 3. The molecule has 0 aromatic heterocycles. The molecule has 0 aliphatic heterocycles. The van der Waals surface area contributed by atoms with Gasteiger partial charge in [-0.2, -0.15) is 0 Å². The third kappa shape index (κ3) is 12.7. The lowest BCUT2D eigenvalue weighted by molar-refractivity contribution is -0.333. The highest BCUT2D eigenvalue weighted by Crippen LogP contribution is 2.09. The van der Waals surface area contributed by atoms with Crippen molar-refractivity contribution in [1.82, 2.24) is 0 Å². The number of quaternary nitrogens is 2. The van der Waals surface area contributed by atoms with Crippen LogP contribution in [0.25, 0.3) is 0 Å². The number of carbonyl (C=O) groups excluding carboxylic acids is 2. The molecule has 11 heteroatoms. The van der Waals surface area contributed by atoms with Crippen LogP contribution in [0.1, 0.15) is 0 Å². The summed E-state index contributed by atoms with van der Waals surface area (Å²) in [5.74, 6) is -4.12. The number of halogens is 2. The fraction of sp³-hybridized carbons (Fsp3) is 0.125. The largest absolute Gasteiger partial charge is 0.547 e. The molecule has 0 fully saturated rings. The fourth-order valence-electron chi connectivity index (χ4n) is 1.23. The van der Waals surface area contributed by atoms with Crippen LogP contribution in [-0.2, 0) is 9.59 Å². The lowest BCUT2D eigenvalue weighted by atomic mass is 10.2. The van der Waals surface area contributed by atoms with Gasteiger partial charge in [-0.1, -0.05) is 23.2 Å². The molecule has 10 N–H and O–H groups in total. The molecule has 0 aliphatic carbocycles. The Morgan fingerprint density at radius 2 is 0.963 bits per heavy atom. The molecule has 2 aromatic rings.